The van der Waals surface area contributed by atoms with Crippen LogP contribution < -0.4 is 10.1 Å². The first-order valence-electron chi connectivity index (χ1n) is 6.62. The lowest BCUT2D eigenvalue weighted by atomic mass is 10.0. The van der Waals surface area contributed by atoms with Crippen molar-refractivity contribution < 1.29 is 13.5 Å². The van der Waals surface area contributed by atoms with Crippen LogP contribution in [0.3, 0.4) is 0 Å². The molecule has 2 nitrogen and oxygen atoms in total. The maximum atomic E-state index is 13.5. The molecule has 1 aliphatic rings. The molecule has 1 heterocycles. The molecule has 0 amide bonds. The van der Waals surface area contributed by atoms with E-state index in [-0.39, 0.29) is 12.2 Å². The number of fused-ring (bicyclic) bond motifs is 1. The highest BCUT2D eigenvalue weighted by molar-refractivity contribution is 5.37. The van der Waals surface area contributed by atoms with Crippen molar-refractivity contribution in [3.05, 3.63) is 64.7 Å². The molecule has 0 saturated heterocycles. The Morgan fingerprint density at radius 1 is 1.05 bits per heavy atom. The molecule has 0 atom stereocenters. The lowest BCUT2D eigenvalue weighted by Crippen LogP contribution is -2.23. The van der Waals surface area contributed by atoms with Crippen molar-refractivity contribution in [2.45, 2.75) is 19.6 Å². The van der Waals surface area contributed by atoms with Crippen LogP contribution >= 0.6 is 0 Å². The van der Waals surface area contributed by atoms with Crippen LogP contribution in [0, 0.1) is 11.6 Å². The third-order valence-electron chi connectivity index (χ3n) is 3.51. The Morgan fingerprint density at radius 3 is 2.65 bits per heavy atom. The summed E-state index contributed by atoms with van der Waals surface area (Å²) in [7, 11) is 0. The average Bonchev–Trinajstić information content (AvgIpc) is 2.46. The zero-order valence-electron chi connectivity index (χ0n) is 11.0. The summed E-state index contributed by atoms with van der Waals surface area (Å²) in [5.41, 5.74) is 2.44. The Morgan fingerprint density at radius 2 is 1.85 bits per heavy atom. The SMILES string of the molecule is Fc1cccc(F)c1COc1ccc2c(c1)CNCC2. The van der Waals surface area contributed by atoms with Gasteiger partial charge in [0.1, 0.15) is 24.0 Å². The molecule has 104 valence electrons. The van der Waals surface area contributed by atoms with E-state index >= 15 is 0 Å². The average molecular weight is 275 g/mol. The third-order valence-corrected chi connectivity index (χ3v) is 3.51. The molecule has 20 heavy (non-hydrogen) atoms. The maximum Gasteiger partial charge on any atom is 0.132 e. The van der Waals surface area contributed by atoms with Crippen molar-refractivity contribution >= 4 is 0 Å². The van der Waals surface area contributed by atoms with Crippen LogP contribution in [-0.2, 0) is 19.6 Å². The van der Waals surface area contributed by atoms with Crippen LogP contribution in [0.5, 0.6) is 5.75 Å². The number of rotatable bonds is 3. The Kier molecular flexibility index (Phi) is 3.65. The summed E-state index contributed by atoms with van der Waals surface area (Å²) in [5.74, 6) is -0.524. The molecule has 0 aliphatic carbocycles. The van der Waals surface area contributed by atoms with E-state index in [1.165, 1.54) is 29.3 Å². The van der Waals surface area contributed by atoms with E-state index < -0.39 is 11.6 Å². The molecule has 1 N–H and O–H groups in total. The van der Waals surface area contributed by atoms with E-state index in [1.54, 1.807) is 0 Å². The lowest BCUT2D eigenvalue weighted by Gasteiger charge is -2.18. The van der Waals surface area contributed by atoms with Crippen LogP contribution in [0.1, 0.15) is 16.7 Å². The molecule has 4 heteroatoms. The summed E-state index contributed by atoms with van der Waals surface area (Å²) in [5, 5.41) is 3.28. The smallest absolute Gasteiger partial charge is 0.132 e. The molecule has 0 spiro atoms. The molecule has 0 aromatic heterocycles. The van der Waals surface area contributed by atoms with Crippen LogP contribution in [0.25, 0.3) is 0 Å². The summed E-state index contributed by atoms with van der Waals surface area (Å²) < 4.78 is 32.5. The van der Waals surface area contributed by atoms with Crippen LogP contribution in [0.15, 0.2) is 36.4 Å². The fraction of sp³-hybridized carbons (Fsp3) is 0.250. The van der Waals surface area contributed by atoms with Gasteiger partial charge in [-0.05, 0) is 48.4 Å². The first-order valence-corrected chi connectivity index (χ1v) is 6.62. The molecule has 2 aromatic rings. The van der Waals surface area contributed by atoms with Crippen molar-refractivity contribution in [2.24, 2.45) is 0 Å². The number of hydrogen-bond donors (Lipinski definition) is 1. The number of benzene rings is 2. The minimum absolute atomic E-state index is 0.0386. The van der Waals surface area contributed by atoms with Gasteiger partial charge in [0.25, 0.3) is 0 Å². The molecule has 2 aromatic carbocycles. The van der Waals surface area contributed by atoms with Crippen molar-refractivity contribution in [2.75, 3.05) is 6.54 Å². The van der Waals surface area contributed by atoms with Gasteiger partial charge < -0.3 is 10.1 Å². The first-order chi connectivity index (χ1) is 9.74. The summed E-state index contributed by atoms with van der Waals surface area (Å²) >= 11 is 0. The van der Waals surface area contributed by atoms with Gasteiger partial charge in [-0.1, -0.05) is 12.1 Å². The topological polar surface area (TPSA) is 21.3 Å². The van der Waals surface area contributed by atoms with Gasteiger partial charge in [0.05, 0.1) is 5.56 Å². The lowest BCUT2D eigenvalue weighted by molar-refractivity contribution is 0.292. The summed E-state index contributed by atoms with van der Waals surface area (Å²) in [6, 6.07) is 9.61. The van der Waals surface area contributed by atoms with Gasteiger partial charge in [-0.25, -0.2) is 8.78 Å². The highest BCUT2D eigenvalue weighted by Gasteiger charge is 2.11. The number of hydrogen-bond acceptors (Lipinski definition) is 2. The van der Waals surface area contributed by atoms with Crippen LogP contribution in [0.4, 0.5) is 8.78 Å². The fourth-order valence-corrected chi connectivity index (χ4v) is 2.37. The van der Waals surface area contributed by atoms with E-state index in [2.05, 4.69) is 5.32 Å². The van der Waals surface area contributed by atoms with Gasteiger partial charge in [0, 0.05) is 6.54 Å². The molecule has 0 radical (unpaired) electrons. The fourth-order valence-electron chi connectivity index (χ4n) is 2.37. The Bertz CT molecular complexity index is 608. The minimum atomic E-state index is -0.579. The molecular weight excluding hydrogens is 260 g/mol. The van der Waals surface area contributed by atoms with Gasteiger partial charge in [0.15, 0.2) is 0 Å². The second kappa shape index (κ2) is 5.59. The number of ether oxygens (including phenoxy) is 1. The van der Waals surface area contributed by atoms with Crippen LogP contribution in [-0.4, -0.2) is 6.54 Å². The van der Waals surface area contributed by atoms with E-state index in [1.807, 2.05) is 18.2 Å². The zero-order chi connectivity index (χ0) is 13.9. The monoisotopic (exact) mass is 275 g/mol. The molecule has 0 saturated carbocycles. The Balaban J connectivity index is 1.75. The molecule has 3 rings (SSSR count). The van der Waals surface area contributed by atoms with Crippen molar-refractivity contribution in [1.29, 1.82) is 0 Å². The summed E-state index contributed by atoms with van der Waals surface area (Å²) in [6.45, 7) is 1.68. The predicted octanol–water partition coefficient (Wildman–Crippen LogP) is 3.19. The van der Waals surface area contributed by atoms with Gasteiger partial charge in [-0.2, -0.15) is 0 Å². The second-order valence-corrected chi connectivity index (χ2v) is 4.85. The zero-order valence-corrected chi connectivity index (χ0v) is 11.0. The Labute approximate surface area is 116 Å². The standard InChI is InChI=1S/C16H15F2NO/c17-15-2-1-3-16(18)14(15)10-20-13-5-4-11-6-7-19-9-12(11)8-13/h1-5,8,19H,6-7,9-10H2. The second-order valence-electron chi connectivity index (χ2n) is 4.85. The maximum absolute atomic E-state index is 13.5. The molecular formula is C16H15F2NO. The van der Waals surface area contributed by atoms with E-state index in [0.717, 1.165) is 19.5 Å². The highest BCUT2D eigenvalue weighted by atomic mass is 19.1. The largest absolute Gasteiger partial charge is 0.489 e. The minimum Gasteiger partial charge on any atom is -0.489 e. The van der Waals surface area contributed by atoms with E-state index in [0.29, 0.717) is 5.75 Å². The van der Waals surface area contributed by atoms with Gasteiger partial charge in [0.2, 0.25) is 0 Å². The molecule has 0 fully saturated rings. The van der Waals surface area contributed by atoms with Crippen molar-refractivity contribution in [1.82, 2.24) is 5.32 Å². The molecule has 0 unspecified atom stereocenters. The van der Waals surface area contributed by atoms with E-state index in [9.17, 15) is 8.78 Å². The predicted molar refractivity (Wildman–Crippen MR) is 72.5 cm³/mol. The molecule has 1 aliphatic heterocycles. The van der Waals surface area contributed by atoms with Gasteiger partial charge >= 0.3 is 0 Å². The summed E-state index contributed by atoms with van der Waals surface area (Å²) in [4.78, 5) is 0. The van der Waals surface area contributed by atoms with Gasteiger partial charge in [-0.15, -0.1) is 0 Å². The Hall–Kier alpha value is -1.94. The summed E-state index contributed by atoms with van der Waals surface area (Å²) in [6.07, 6.45) is 0.998. The van der Waals surface area contributed by atoms with Crippen molar-refractivity contribution in [3.63, 3.8) is 0 Å². The van der Waals surface area contributed by atoms with E-state index in [4.69, 9.17) is 4.74 Å². The quantitative estimate of drug-likeness (QED) is 0.929. The third kappa shape index (κ3) is 2.65. The molecule has 0 bridgehead atoms. The first kappa shape index (κ1) is 13.1. The van der Waals surface area contributed by atoms with Crippen LogP contribution in [0.2, 0.25) is 0 Å². The van der Waals surface area contributed by atoms with Crippen molar-refractivity contribution in [3.8, 4) is 5.75 Å². The number of nitrogens with one attached hydrogen (secondary N) is 1. The number of halogens is 2. The van der Waals surface area contributed by atoms with Gasteiger partial charge in [-0.3, -0.25) is 0 Å². The highest BCUT2D eigenvalue weighted by Crippen LogP contribution is 2.22. The normalized spacial score (nSPS) is 13.9.